The smallest absolute Gasteiger partial charge is 0.324 e. The van der Waals surface area contributed by atoms with E-state index in [1.165, 1.54) is 26.0 Å². The molecule has 0 amide bonds. The van der Waals surface area contributed by atoms with Crippen LogP contribution in [0.25, 0.3) is 0 Å². The summed E-state index contributed by atoms with van der Waals surface area (Å²) in [5, 5.41) is 8.67. The van der Waals surface area contributed by atoms with Gasteiger partial charge in [-0.3, -0.25) is 4.79 Å². The second-order valence-electron chi connectivity index (χ2n) is 4.15. The minimum absolute atomic E-state index is 0.00372. The SMILES string of the molecule is CCC(C)(NS(=O)(=O)c1cccc(Cl)c1F)C(=O)O. The van der Waals surface area contributed by atoms with Crippen molar-refractivity contribution in [2.24, 2.45) is 0 Å². The van der Waals surface area contributed by atoms with Crippen molar-refractivity contribution in [1.29, 1.82) is 0 Å². The highest BCUT2D eigenvalue weighted by Crippen LogP contribution is 2.23. The largest absolute Gasteiger partial charge is 0.480 e. The minimum atomic E-state index is -4.32. The monoisotopic (exact) mass is 309 g/mol. The molecule has 0 aliphatic heterocycles. The van der Waals surface area contributed by atoms with Crippen molar-refractivity contribution in [3.63, 3.8) is 0 Å². The van der Waals surface area contributed by atoms with Crippen LogP contribution in [0, 0.1) is 5.82 Å². The van der Waals surface area contributed by atoms with Gasteiger partial charge >= 0.3 is 5.97 Å². The summed E-state index contributed by atoms with van der Waals surface area (Å²) in [4.78, 5) is 10.4. The van der Waals surface area contributed by atoms with Crippen LogP contribution in [0.1, 0.15) is 20.3 Å². The summed E-state index contributed by atoms with van der Waals surface area (Å²) in [6.45, 7) is 2.71. The molecule has 1 rings (SSSR count). The van der Waals surface area contributed by atoms with Gasteiger partial charge in [0.2, 0.25) is 10.0 Å². The van der Waals surface area contributed by atoms with Gasteiger partial charge < -0.3 is 5.11 Å². The summed E-state index contributed by atoms with van der Waals surface area (Å²) >= 11 is 5.50. The predicted molar refractivity (Wildman–Crippen MR) is 68.1 cm³/mol. The molecule has 0 saturated carbocycles. The highest BCUT2D eigenvalue weighted by atomic mass is 35.5. The Morgan fingerprint density at radius 1 is 1.53 bits per heavy atom. The third kappa shape index (κ3) is 3.23. The van der Waals surface area contributed by atoms with Gasteiger partial charge in [0.15, 0.2) is 5.82 Å². The summed E-state index contributed by atoms with van der Waals surface area (Å²) in [5.74, 6) is -2.46. The zero-order chi connectivity index (χ0) is 14.8. The Balaban J connectivity index is 3.26. The summed E-state index contributed by atoms with van der Waals surface area (Å²) in [6.07, 6.45) is 0.00372. The van der Waals surface area contributed by atoms with Gasteiger partial charge in [-0.2, -0.15) is 4.72 Å². The molecule has 0 saturated heterocycles. The maximum Gasteiger partial charge on any atom is 0.324 e. The summed E-state index contributed by atoms with van der Waals surface area (Å²) in [6, 6.07) is 3.48. The molecule has 0 heterocycles. The lowest BCUT2D eigenvalue weighted by molar-refractivity contribution is -0.143. The molecular formula is C11H13ClFNO4S. The molecule has 1 aromatic rings. The second kappa shape index (κ2) is 5.44. The molecule has 0 aromatic heterocycles. The first-order valence-corrected chi connectivity index (χ1v) is 7.21. The molecule has 1 aromatic carbocycles. The summed E-state index contributed by atoms with van der Waals surface area (Å²) < 4.78 is 39.7. The number of carboxylic acid groups (broad SMARTS) is 1. The van der Waals surface area contributed by atoms with E-state index in [9.17, 15) is 17.6 Å². The van der Waals surface area contributed by atoms with Crippen molar-refractivity contribution in [1.82, 2.24) is 4.72 Å². The summed E-state index contributed by atoms with van der Waals surface area (Å²) in [7, 11) is -4.32. The highest BCUT2D eigenvalue weighted by Gasteiger charge is 2.37. The van der Waals surface area contributed by atoms with E-state index in [1.54, 1.807) is 0 Å². The number of benzene rings is 1. The van der Waals surface area contributed by atoms with Crippen LogP contribution < -0.4 is 4.72 Å². The lowest BCUT2D eigenvalue weighted by atomic mass is 10.0. The molecule has 0 spiro atoms. The molecule has 19 heavy (non-hydrogen) atoms. The molecule has 106 valence electrons. The van der Waals surface area contributed by atoms with Crippen LogP contribution >= 0.6 is 11.6 Å². The average Bonchev–Trinajstić information content (AvgIpc) is 2.31. The van der Waals surface area contributed by atoms with Gasteiger partial charge in [0.1, 0.15) is 10.4 Å². The number of hydrogen-bond donors (Lipinski definition) is 2. The first-order chi connectivity index (χ1) is 8.64. The number of sulfonamides is 1. The van der Waals surface area contributed by atoms with Crippen molar-refractivity contribution in [3.8, 4) is 0 Å². The molecule has 5 nitrogen and oxygen atoms in total. The van der Waals surface area contributed by atoms with E-state index in [0.717, 1.165) is 6.07 Å². The van der Waals surface area contributed by atoms with Crippen molar-refractivity contribution < 1.29 is 22.7 Å². The van der Waals surface area contributed by atoms with E-state index in [2.05, 4.69) is 0 Å². The van der Waals surface area contributed by atoms with E-state index in [4.69, 9.17) is 16.7 Å². The number of nitrogens with one attached hydrogen (secondary N) is 1. The van der Waals surface area contributed by atoms with Crippen LogP contribution in [0.2, 0.25) is 5.02 Å². The fourth-order valence-electron chi connectivity index (χ4n) is 1.31. The van der Waals surface area contributed by atoms with Crippen molar-refractivity contribution in [3.05, 3.63) is 29.0 Å². The van der Waals surface area contributed by atoms with Gasteiger partial charge in [-0.1, -0.05) is 24.6 Å². The standard InChI is InChI=1S/C11H13ClFNO4S/c1-3-11(2,10(15)16)14-19(17,18)8-6-4-5-7(12)9(8)13/h4-6,14H,3H2,1-2H3,(H,15,16). The van der Waals surface area contributed by atoms with Crippen LogP contribution in [-0.4, -0.2) is 25.0 Å². The molecule has 8 heteroatoms. The van der Waals surface area contributed by atoms with Crippen LogP contribution in [0.4, 0.5) is 4.39 Å². The van der Waals surface area contributed by atoms with E-state index in [0.29, 0.717) is 0 Å². The third-order valence-electron chi connectivity index (χ3n) is 2.74. The van der Waals surface area contributed by atoms with Crippen molar-refractivity contribution in [2.75, 3.05) is 0 Å². The molecule has 0 aliphatic carbocycles. The summed E-state index contributed by atoms with van der Waals surface area (Å²) in [5.41, 5.74) is -1.71. The fraction of sp³-hybridized carbons (Fsp3) is 0.364. The van der Waals surface area contributed by atoms with E-state index < -0.39 is 32.2 Å². The normalized spacial score (nSPS) is 14.9. The van der Waals surface area contributed by atoms with Gasteiger partial charge in [-0.25, -0.2) is 12.8 Å². The average molecular weight is 310 g/mol. The third-order valence-corrected chi connectivity index (χ3v) is 4.65. The number of carboxylic acids is 1. The van der Waals surface area contributed by atoms with E-state index in [-0.39, 0.29) is 11.4 Å². The number of rotatable bonds is 5. The lowest BCUT2D eigenvalue weighted by Gasteiger charge is -2.24. The number of carbonyl (C=O) groups is 1. The predicted octanol–water partition coefficient (Wildman–Crippen LogP) is 2.01. The molecule has 0 radical (unpaired) electrons. The highest BCUT2D eigenvalue weighted by molar-refractivity contribution is 7.89. The molecule has 1 atom stereocenters. The number of hydrogen-bond acceptors (Lipinski definition) is 3. The van der Waals surface area contributed by atoms with Gasteiger partial charge in [0, 0.05) is 0 Å². The van der Waals surface area contributed by atoms with E-state index >= 15 is 0 Å². The van der Waals surface area contributed by atoms with Crippen molar-refractivity contribution >= 4 is 27.6 Å². The van der Waals surface area contributed by atoms with E-state index in [1.807, 2.05) is 4.72 Å². The number of aliphatic carboxylic acids is 1. The van der Waals surface area contributed by atoms with Gasteiger partial charge in [-0.15, -0.1) is 0 Å². The Hall–Kier alpha value is -1.18. The maximum atomic E-state index is 13.7. The quantitative estimate of drug-likeness (QED) is 0.871. The van der Waals surface area contributed by atoms with Crippen LogP contribution in [-0.2, 0) is 14.8 Å². The molecular weight excluding hydrogens is 297 g/mol. The zero-order valence-electron chi connectivity index (χ0n) is 10.3. The topological polar surface area (TPSA) is 83.5 Å². The van der Waals surface area contributed by atoms with Crippen molar-refractivity contribution in [2.45, 2.75) is 30.7 Å². The fourth-order valence-corrected chi connectivity index (χ4v) is 3.08. The maximum absolute atomic E-state index is 13.7. The Bertz CT molecular complexity index is 605. The minimum Gasteiger partial charge on any atom is -0.480 e. The lowest BCUT2D eigenvalue weighted by Crippen LogP contribution is -2.51. The number of halogens is 2. The van der Waals surface area contributed by atoms with Crippen LogP contribution in [0.15, 0.2) is 23.1 Å². The van der Waals surface area contributed by atoms with Gasteiger partial charge in [0.25, 0.3) is 0 Å². The van der Waals surface area contributed by atoms with Gasteiger partial charge in [-0.05, 0) is 25.5 Å². The second-order valence-corrected chi connectivity index (χ2v) is 6.21. The Morgan fingerprint density at radius 3 is 2.58 bits per heavy atom. The first-order valence-electron chi connectivity index (χ1n) is 5.35. The Morgan fingerprint density at radius 2 is 2.11 bits per heavy atom. The molecule has 1 unspecified atom stereocenters. The molecule has 0 bridgehead atoms. The van der Waals surface area contributed by atoms with Crippen LogP contribution in [0.3, 0.4) is 0 Å². The molecule has 0 aliphatic rings. The first kappa shape index (κ1) is 15.9. The molecule has 2 N–H and O–H groups in total. The molecule has 0 fully saturated rings. The Kier molecular flexibility index (Phi) is 4.54. The van der Waals surface area contributed by atoms with Crippen LogP contribution in [0.5, 0.6) is 0 Å². The zero-order valence-corrected chi connectivity index (χ0v) is 11.8. The van der Waals surface area contributed by atoms with Gasteiger partial charge in [0.05, 0.1) is 5.02 Å². The Labute approximate surface area is 115 Å².